The quantitative estimate of drug-likeness (QED) is 0.884. The van der Waals surface area contributed by atoms with Gasteiger partial charge in [-0.15, -0.1) is 0 Å². The maximum Gasteiger partial charge on any atom is 0.0426 e. The first-order valence-electron chi connectivity index (χ1n) is 7.19. The van der Waals surface area contributed by atoms with Crippen LogP contribution in [0, 0.1) is 20.8 Å². The highest BCUT2D eigenvalue weighted by Crippen LogP contribution is 2.22. The summed E-state index contributed by atoms with van der Waals surface area (Å²) < 4.78 is 0. The van der Waals surface area contributed by atoms with Crippen molar-refractivity contribution in [1.29, 1.82) is 0 Å². The zero-order valence-electron chi connectivity index (χ0n) is 13.0. The Morgan fingerprint density at radius 2 is 2.00 bits per heavy atom. The van der Waals surface area contributed by atoms with Crippen LogP contribution >= 0.6 is 11.3 Å². The second-order valence-electron chi connectivity index (χ2n) is 5.70. The number of hydrogen-bond donors (Lipinski definition) is 1. The molecule has 0 aromatic carbocycles. The number of hydrogen-bond acceptors (Lipinski definition) is 3. The normalized spacial score (nSPS) is 14.2. The largest absolute Gasteiger partial charge is 0.307 e. The summed E-state index contributed by atoms with van der Waals surface area (Å²) in [6.45, 7) is 10.8. The van der Waals surface area contributed by atoms with Crippen LogP contribution < -0.4 is 5.32 Å². The Morgan fingerprint density at radius 3 is 2.60 bits per heavy atom. The van der Waals surface area contributed by atoms with Crippen molar-refractivity contribution in [3.63, 3.8) is 0 Å². The molecule has 2 aromatic heterocycles. The van der Waals surface area contributed by atoms with Gasteiger partial charge in [0.1, 0.15) is 0 Å². The zero-order valence-corrected chi connectivity index (χ0v) is 13.8. The van der Waals surface area contributed by atoms with E-state index in [2.05, 4.69) is 67.8 Å². The van der Waals surface area contributed by atoms with Gasteiger partial charge in [-0.25, -0.2) is 0 Å². The molecule has 2 rings (SSSR count). The molecule has 1 N–H and O–H groups in total. The van der Waals surface area contributed by atoms with Gasteiger partial charge in [-0.3, -0.25) is 4.98 Å². The number of rotatable bonds is 5. The standard InChI is InChI=1S/C17H24N2S/c1-11-8-12(2)18-14(4)17(11)15(5)19-13(3)9-16-6-7-20-10-16/h6-8,10,13,15,19H,9H2,1-5H3. The van der Waals surface area contributed by atoms with Crippen LogP contribution in [0.3, 0.4) is 0 Å². The molecule has 0 amide bonds. The lowest BCUT2D eigenvalue weighted by Crippen LogP contribution is -2.31. The van der Waals surface area contributed by atoms with Gasteiger partial charge in [-0.05, 0) is 80.6 Å². The maximum atomic E-state index is 4.60. The zero-order chi connectivity index (χ0) is 14.7. The Balaban J connectivity index is 2.06. The molecule has 3 heteroatoms. The van der Waals surface area contributed by atoms with Crippen LogP contribution in [0.4, 0.5) is 0 Å². The fourth-order valence-electron chi connectivity index (χ4n) is 3.02. The van der Waals surface area contributed by atoms with Crippen LogP contribution in [0.2, 0.25) is 0 Å². The molecule has 20 heavy (non-hydrogen) atoms. The van der Waals surface area contributed by atoms with Crippen LogP contribution in [0.5, 0.6) is 0 Å². The molecule has 2 aromatic rings. The van der Waals surface area contributed by atoms with Crippen molar-refractivity contribution in [2.45, 2.75) is 53.1 Å². The number of aryl methyl sites for hydroxylation is 3. The van der Waals surface area contributed by atoms with Crippen LogP contribution in [0.25, 0.3) is 0 Å². The van der Waals surface area contributed by atoms with Gasteiger partial charge in [0.2, 0.25) is 0 Å². The SMILES string of the molecule is Cc1cc(C)c(C(C)NC(C)Cc2ccsc2)c(C)n1. The monoisotopic (exact) mass is 288 g/mol. The number of pyridine rings is 1. The van der Waals surface area contributed by atoms with Crippen LogP contribution in [-0.4, -0.2) is 11.0 Å². The average molecular weight is 288 g/mol. The third kappa shape index (κ3) is 3.68. The van der Waals surface area contributed by atoms with Crippen molar-refractivity contribution in [1.82, 2.24) is 10.3 Å². The molecule has 0 aliphatic rings. The minimum absolute atomic E-state index is 0.330. The molecule has 108 valence electrons. The van der Waals surface area contributed by atoms with Gasteiger partial charge in [-0.2, -0.15) is 11.3 Å². The van der Waals surface area contributed by atoms with Crippen molar-refractivity contribution in [3.8, 4) is 0 Å². The number of aromatic nitrogens is 1. The molecule has 2 unspecified atom stereocenters. The lowest BCUT2D eigenvalue weighted by Gasteiger charge is -2.23. The van der Waals surface area contributed by atoms with Gasteiger partial charge >= 0.3 is 0 Å². The third-order valence-electron chi connectivity index (χ3n) is 3.67. The molecular formula is C17H24N2S. The van der Waals surface area contributed by atoms with E-state index < -0.39 is 0 Å². The summed E-state index contributed by atoms with van der Waals surface area (Å²) >= 11 is 1.77. The minimum Gasteiger partial charge on any atom is -0.307 e. The fourth-order valence-corrected chi connectivity index (χ4v) is 3.70. The summed E-state index contributed by atoms with van der Waals surface area (Å²) in [5.74, 6) is 0. The molecule has 0 aliphatic heterocycles. The predicted molar refractivity (Wildman–Crippen MR) is 87.5 cm³/mol. The molecule has 0 saturated heterocycles. The molecule has 2 atom stereocenters. The van der Waals surface area contributed by atoms with E-state index in [1.165, 1.54) is 16.7 Å². The van der Waals surface area contributed by atoms with Crippen molar-refractivity contribution in [2.75, 3.05) is 0 Å². The number of thiophene rings is 1. The smallest absolute Gasteiger partial charge is 0.0426 e. The lowest BCUT2D eigenvalue weighted by molar-refractivity contribution is 0.473. The Labute approximate surface area is 126 Å². The third-order valence-corrected chi connectivity index (χ3v) is 4.41. The van der Waals surface area contributed by atoms with Crippen molar-refractivity contribution in [2.24, 2.45) is 0 Å². The second kappa shape index (κ2) is 6.51. The Hall–Kier alpha value is -1.19. The van der Waals surface area contributed by atoms with E-state index in [0.717, 1.165) is 17.8 Å². The van der Waals surface area contributed by atoms with Crippen molar-refractivity contribution in [3.05, 3.63) is 51.0 Å². The van der Waals surface area contributed by atoms with Crippen LogP contribution in [0.1, 0.15) is 48.0 Å². The summed E-state index contributed by atoms with van der Waals surface area (Å²) in [4.78, 5) is 4.60. The first kappa shape index (κ1) is 15.2. The Bertz CT molecular complexity index is 537. The second-order valence-corrected chi connectivity index (χ2v) is 6.48. The van der Waals surface area contributed by atoms with Gasteiger partial charge in [0.05, 0.1) is 0 Å². The first-order valence-corrected chi connectivity index (χ1v) is 8.13. The average Bonchev–Trinajstić information content (AvgIpc) is 2.79. The van der Waals surface area contributed by atoms with Gasteiger partial charge in [0, 0.05) is 23.5 Å². The maximum absolute atomic E-state index is 4.60. The minimum atomic E-state index is 0.330. The van der Waals surface area contributed by atoms with E-state index in [-0.39, 0.29) is 0 Å². The van der Waals surface area contributed by atoms with E-state index in [0.29, 0.717) is 12.1 Å². The van der Waals surface area contributed by atoms with Crippen LogP contribution in [-0.2, 0) is 6.42 Å². The van der Waals surface area contributed by atoms with Gasteiger partial charge in [0.15, 0.2) is 0 Å². The molecule has 0 saturated carbocycles. The molecular weight excluding hydrogens is 264 g/mol. The van der Waals surface area contributed by atoms with Crippen LogP contribution in [0.15, 0.2) is 22.9 Å². The number of nitrogens with zero attached hydrogens (tertiary/aromatic N) is 1. The summed E-state index contributed by atoms with van der Waals surface area (Å²) in [6, 6.07) is 5.16. The molecule has 0 spiro atoms. The lowest BCUT2D eigenvalue weighted by atomic mass is 9.99. The Kier molecular flexibility index (Phi) is 4.95. The van der Waals surface area contributed by atoms with E-state index in [4.69, 9.17) is 0 Å². The van der Waals surface area contributed by atoms with Crippen molar-refractivity contribution >= 4 is 11.3 Å². The summed E-state index contributed by atoms with van der Waals surface area (Å²) in [7, 11) is 0. The molecule has 0 fully saturated rings. The fraction of sp³-hybridized carbons (Fsp3) is 0.471. The van der Waals surface area contributed by atoms with E-state index in [1.807, 2.05) is 0 Å². The Morgan fingerprint density at radius 1 is 1.25 bits per heavy atom. The van der Waals surface area contributed by atoms with Gasteiger partial charge < -0.3 is 5.32 Å². The highest BCUT2D eigenvalue weighted by Gasteiger charge is 2.15. The first-order chi connectivity index (χ1) is 9.47. The van der Waals surface area contributed by atoms with Crippen molar-refractivity contribution < 1.29 is 0 Å². The molecule has 0 radical (unpaired) electrons. The summed E-state index contributed by atoms with van der Waals surface area (Å²) in [6.07, 6.45) is 1.07. The van der Waals surface area contributed by atoms with E-state index >= 15 is 0 Å². The highest BCUT2D eigenvalue weighted by molar-refractivity contribution is 7.07. The summed E-state index contributed by atoms with van der Waals surface area (Å²) in [5.41, 5.74) is 6.33. The molecule has 2 nitrogen and oxygen atoms in total. The van der Waals surface area contributed by atoms with Gasteiger partial charge in [0.25, 0.3) is 0 Å². The van der Waals surface area contributed by atoms with E-state index in [9.17, 15) is 0 Å². The van der Waals surface area contributed by atoms with E-state index in [1.54, 1.807) is 11.3 Å². The summed E-state index contributed by atoms with van der Waals surface area (Å²) in [5, 5.41) is 8.07. The topological polar surface area (TPSA) is 24.9 Å². The molecule has 0 aliphatic carbocycles. The molecule has 2 heterocycles. The van der Waals surface area contributed by atoms with Gasteiger partial charge in [-0.1, -0.05) is 0 Å². The predicted octanol–water partition coefficient (Wildman–Crippen LogP) is 4.35. The number of nitrogens with one attached hydrogen (secondary N) is 1. The molecule has 0 bridgehead atoms. The highest BCUT2D eigenvalue weighted by atomic mass is 32.1.